The van der Waals surface area contributed by atoms with E-state index in [0.717, 1.165) is 0 Å². The average Bonchev–Trinajstić information content (AvgIpc) is 2.13. The molecule has 1 heteroatoms. The summed E-state index contributed by atoms with van der Waals surface area (Å²) in [6.45, 7) is 3.79. The minimum absolute atomic E-state index is 0.215. The SMILES string of the molecule is C=C1[C@@H]2[C@H](O)C=C[C@H]12. The zero-order chi connectivity index (χ0) is 5.72. The molecule has 0 saturated heterocycles. The molecule has 1 nitrogen and oxygen atoms in total. The van der Waals surface area contributed by atoms with E-state index in [-0.39, 0.29) is 6.10 Å². The van der Waals surface area contributed by atoms with E-state index in [1.807, 2.05) is 12.2 Å². The van der Waals surface area contributed by atoms with Crippen LogP contribution in [0.4, 0.5) is 0 Å². The van der Waals surface area contributed by atoms with Gasteiger partial charge in [0.1, 0.15) is 0 Å². The molecular formula is C7H8O. The summed E-state index contributed by atoms with van der Waals surface area (Å²) >= 11 is 0. The summed E-state index contributed by atoms with van der Waals surface area (Å²) in [5.74, 6) is 0.931. The van der Waals surface area contributed by atoms with E-state index in [2.05, 4.69) is 6.58 Å². The Bertz CT molecular complexity index is 169. The molecule has 0 bridgehead atoms. The number of allylic oxidation sites excluding steroid dienone is 1. The summed E-state index contributed by atoms with van der Waals surface area (Å²) in [6.07, 6.45) is 3.68. The van der Waals surface area contributed by atoms with Crippen molar-refractivity contribution in [3.05, 3.63) is 24.3 Å². The van der Waals surface area contributed by atoms with E-state index >= 15 is 0 Å². The molecule has 8 heavy (non-hydrogen) atoms. The van der Waals surface area contributed by atoms with Gasteiger partial charge in [-0.05, 0) is 0 Å². The van der Waals surface area contributed by atoms with E-state index < -0.39 is 0 Å². The maximum Gasteiger partial charge on any atom is 0.0795 e. The number of aliphatic hydroxyl groups is 1. The van der Waals surface area contributed by atoms with Crippen molar-refractivity contribution in [2.45, 2.75) is 6.10 Å². The van der Waals surface area contributed by atoms with E-state index in [4.69, 9.17) is 5.11 Å². The number of fused-ring (bicyclic) bond motifs is 1. The van der Waals surface area contributed by atoms with E-state index in [9.17, 15) is 0 Å². The number of aliphatic hydroxyl groups excluding tert-OH is 1. The van der Waals surface area contributed by atoms with Crippen LogP contribution in [0.3, 0.4) is 0 Å². The molecule has 1 fully saturated rings. The molecule has 0 radical (unpaired) electrons. The third-order valence-corrected chi connectivity index (χ3v) is 2.02. The lowest BCUT2D eigenvalue weighted by Crippen LogP contribution is -2.01. The lowest BCUT2D eigenvalue weighted by molar-refractivity contribution is 0.208. The first-order valence-electron chi connectivity index (χ1n) is 2.86. The molecule has 0 aromatic rings. The Morgan fingerprint density at radius 2 is 2.25 bits per heavy atom. The Morgan fingerprint density at radius 1 is 1.50 bits per heavy atom. The third-order valence-electron chi connectivity index (χ3n) is 2.02. The Labute approximate surface area is 48.3 Å². The zero-order valence-corrected chi connectivity index (χ0v) is 4.54. The second kappa shape index (κ2) is 1.06. The summed E-state index contributed by atoms with van der Waals surface area (Å²) in [6, 6.07) is 0. The summed E-state index contributed by atoms with van der Waals surface area (Å²) < 4.78 is 0. The van der Waals surface area contributed by atoms with Crippen LogP contribution >= 0.6 is 0 Å². The highest BCUT2D eigenvalue weighted by Crippen LogP contribution is 2.51. The lowest BCUT2D eigenvalue weighted by Gasteiger charge is -1.94. The Morgan fingerprint density at radius 3 is 2.50 bits per heavy atom. The van der Waals surface area contributed by atoms with Crippen molar-refractivity contribution in [1.29, 1.82) is 0 Å². The molecule has 1 saturated carbocycles. The molecule has 0 unspecified atom stereocenters. The second-order valence-electron chi connectivity index (χ2n) is 2.50. The summed E-state index contributed by atoms with van der Waals surface area (Å²) in [4.78, 5) is 0. The van der Waals surface area contributed by atoms with Crippen molar-refractivity contribution in [1.82, 2.24) is 0 Å². The first-order chi connectivity index (χ1) is 3.80. The van der Waals surface area contributed by atoms with Gasteiger partial charge in [0.05, 0.1) is 6.10 Å². The first kappa shape index (κ1) is 4.33. The lowest BCUT2D eigenvalue weighted by atomic mass is 10.2. The third kappa shape index (κ3) is 0.315. The largest absolute Gasteiger partial charge is 0.388 e. The highest BCUT2D eigenvalue weighted by Gasteiger charge is 2.47. The molecule has 2 rings (SSSR count). The molecule has 1 N–H and O–H groups in total. The van der Waals surface area contributed by atoms with Gasteiger partial charge in [-0.3, -0.25) is 0 Å². The van der Waals surface area contributed by atoms with Crippen molar-refractivity contribution in [3.63, 3.8) is 0 Å². The molecule has 0 amide bonds. The minimum atomic E-state index is -0.215. The predicted molar refractivity (Wildman–Crippen MR) is 31.3 cm³/mol. The number of rotatable bonds is 0. The van der Waals surface area contributed by atoms with Gasteiger partial charge in [0, 0.05) is 11.8 Å². The van der Waals surface area contributed by atoms with Crippen LogP contribution in [0.15, 0.2) is 24.3 Å². The fourth-order valence-corrected chi connectivity index (χ4v) is 1.39. The van der Waals surface area contributed by atoms with Crippen LogP contribution in [0.2, 0.25) is 0 Å². The molecule has 3 atom stereocenters. The van der Waals surface area contributed by atoms with Crippen LogP contribution < -0.4 is 0 Å². The fraction of sp³-hybridized carbons (Fsp3) is 0.429. The van der Waals surface area contributed by atoms with Gasteiger partial charge in [0.15, 0.2) is 0 Å². The van der Waals surface area contributed by atoms with Crippen LogP contribution in [0.5, 0.6) is 0 Å². The van der Waals surface area contributed by atoms with Crippen LogP contribution in [-0.4, -0.2) is 11.2 Å². The van der Waals surface area contributed by atoms with Crippen LogP contribution in [0, 0.1) is 11.8 Å². The fourth-order valence-electron chi connectivity index (χ4n) is 1.39. The summed E-state index contributed by atoms with van der Waals surface area (Å²) in [5.41, 5.74) is 1.21. The quantitative estimate of drug-likeness (QED) is 0.453. The van der Waals surface area contributed by atoms with E-state index in [0.29, 0.717) is 11.8 Å². The second-order valence-corrected chi connectivity index (χ2v) is 2.50. The van der Waals surface area contributed by atoms with Crippen LogP contribution in [0.1, 0.15) is 0 Å². The van der Waals surface area contributed by atoms with Crippen LogP contribution in [0.25, 0.3) is 0 Å². The molecule has 0 aliphatic heterocycles. The predicted octanol–water partition coefficient (Wildman–Crippen LogP) is 0.719. The van der Waals surface area contributed by atoms with E-state index in [1.54, 1.807) is 0 Å². The molecular weight excluding hydrogens is 100 g/mol. The molecule has 0 aromatic carbocycles. The van der Waals surface area contributed by atoms with Gasteiger partial charge in [-0.2, -0.15) is 0 Å². The van der Waals surface area contributed by atoms with Crippen molar-refractivity contribution >= 4 is 0 Å². The van der Waals surface area contributed by atoms with Gasteiger partial charge in [-0.15, -0.1) is 0 Å². The zero-order valence-electron chi connectivity index (χ0n) is 4.54. The molecule has 0 aromatic heterocycles. The standard InChI is InChI=1S/C7H8O/c1-4-5-2-3-6(8)7(4)5/h2-3,5-8H,1H2/t5-,6-,7+/m1/s1. The Kier molecular flexibility index (Phi) is 0.571. The molecule has 42 valence electrons. The van der Waals surface area contributed by atoms with Crippen molar-refractivity contribution in [3.8, 4) is 0 Å². The molecule has 2 aliphatic rings. The topological polar surface area (TPSA) is 20.2 Å². The maximum atomic E-state index is 9.06. The van der Waals surface area contributed by atoms with Gasteiger partial charge in [0.2, 0.25) is 0 Å². The van der Waals surface area contributed by atoms with Gasteiger partial charge >= 0.3 is 0 Å². The number of hydrogen-bond acceptors (Lipinski definition) is 1. The van der Waals surface area contributed by atoms with Gasteiger partial charge in [-0.1, -0.05) is 24.3 Å². The smallest absolute Gasteiger partial charge is 0.0795 e. The average molecular weight is 108 g/mol. The summed E-state index contributed by atoms with van der Waals surface area (Å²) in [7, 11) is 0. The van der Waals surface area contributed by atoms with Crippen LogP contribution in [-0.2, 0) is 0 Å². The molecule has 0 heterocycles. The first-order valence-corrected chi connectivity index (χ1v) is 2.86. The highest BCUT2D eigenvalue weighted by atomic mass is 16.3. The highest BCUT2D eigenvalue weighted by molar-refractivity contribution is 5.40. The van der Waals surface area contributed by atoms with Crippen molar-refractivity contribution in [2.24, 2.45) is 11.8 Å². The Hall–Kier alpha value is -0.560. The molecule has 0 spiro atoms. The normalized spacial score (nSPS) is 49.6. The van der Waals surface area contributed by atoms with Crippen molar-refractivity contribution < 1.29 is 5.11 Å². The summed E-state index contributed by atoms with van der Waals surface area (Å²) in [5, 5.41) is 9.06. The van der Waals surface area contributed by atoms with E-state index in [1.165, 1.54) is 5.57 Å². The maximum absolute atomic E-state index is 9.06. The van der Waals surface area contributed by atoms with Gasteiger partial charge in [-0.25, -0.2) is 0 Å². The minimum Gasteiger partial charge on any atom is -0.388 e. The van der Waals surface area contributed by atoms with Crippen molar-refractivity contribution in [2.75, 3.05) is 0 Å². The monoisotopic (exact) mass is 108 g/mol. The number of hydrogen-bond donors (Lipinski definition) is 1. The molecule has 2 aliphatic carbocycles. The van der Waals surface area contributed by atoms with Gasteiger partial charge in [0.25, 0.3) is 0 Å². The van der Waals surface area contributed by atoms with Gasteiger partial charge < -0.3 is 5.11 Å². The Balaban J connectivity index is 2.29.